The molecule has 1 aliphatic rings. The minimum atomic E-state index is -0.411. The molecule has 1 aliphatic heterocycles. The molecule has 0 fully saturated rings. The highest BCUT2D eigenvalue weighted by molar-refractivity contribution is 6.34. The maximum absolute atomic E-state index is 13.7. The first-order valence-corrected chi connectivity index (χ1v) is 12.9. The van der Waals surface area contributed by atoms with E-state index < -0.39 is 6.03 Å². The van der Waals surface area contributed by atoms with Gasteiger partial charge in [0.1, 0.15) is 12.4 Å². The predicted molar refractivity (Wildman–Crippen MR) is 147 cm³/mol. The predicted octanol–water partition coefficient (Wildman–Crippen LogP) is 2.98. The normalized spacial score (nSPS) is 14.7. The van der Waals surface area contributed by atoms with E-state index in [0.29, 0.717) is 23.5 Å². The van der Waals surface area contributed by atoms with Gasteiger partial charge in [-0.05, 0) is 48.4 Å². The van der Waals surface area contributed by atoms with Gasteiger partial charge in [-0.2, -0.15) is 0 Å². The minimum absolute atomic E-state index is 0.116. The van der Waals surface area contributed by atoms with Crippen LogP contribution in [0.5, 0.6) is 5.75 Å². The van der Waals surface area contributed by atoms with Gasteiger partial charge in [-0.15, -0.1) is 0 Å². The number of pyridine rings is 1. The van der Waals surface area contributed by atoms with E-state index in [1.807, 2.05) is 37.3 Å². The Labute approximate surface area is 231 Å². The molecular formula is C28H30ClN5O5. The van der Waals surface area contributed by atoms with Crippen molar-refractivity contribution in [3.8, 4) is 5.75 Å². The van der Waals surface area contributed by atoms with Crippen molar-refractivity contribution in [1.29, 1.82) is 0 Å². The van der Waals surface area contributed by atoms with Crippen molar-refractivity contribution in [1.82, 2.24) is 20.5 Å². The number of benzene rings is 2. The van der Waals surface area contributed by atoms with Crippen molar-refractivity contribution in [3.05, 3.63) is 88.7 Å². The van der Waals surface area contributed by atoms with Crippen molar-refractivity contribution < 1.29 is 24.2 Å². The molecule has 39 heavy (non-hydrogen) atoms. The number of aliphatic hydroxyl groups excluding tert-OH is 1. The van der Waals surface area contributed by atoms with Crippen molar-refractivity contribution in [3.63, 3.8) is 0 Å². The Morgan fingerprint density at radius 3 is 2.69 bits per heavy atom. The molecule has 0 bridgehead atoms. The average molecular weight is 552 g/mol. The van der Waals surface area contributed by atoms with E-state index in [2.05, 4.69) is 15.6 Å². The molecule has 1 atom stereocenters. The number of amides is 4. The first-order chi connectivity index (χ1) is 18.9. The van der Waals surface area contributed by atoms with Crippen LogP contribution in [0, 0.1) is 0 Å². The summed E-state index contributed by atoms with van der Waals surface area (Å²) in [6, 6.07) is 15.0. The van der Waals surface area contributed by atoms with Crippen LogP contribution in [0.1, 0.15) is 28.4 Å². The summed E-state index contributed by atoms with van der Waals surface area (Å²) < 4.78 is 5.39. The topological polar surface area (TPSA) is 124 Å². The van der Waals surface area contributed by atoms with Crippen LogP contribution >= 0.6 is 11.6 Å². The number of nitrogens with one attached hydrogen (secondary N) is 2. The molecule has 0 spiro atoms. The van der Waals surface area contributed by atoms with E-state index >= 15 is 0 Å². The number of hydrogen-bond donors (Lipinski definition) is 3. The molecular weight excluding hydrogens is 522 g/mol. The molecule has 3 aromatic rings. The van der Waals surface area contributed by atoms with Crippen molar-refractivity contribution in [2.75, 3.05) is 31.2 Å². The molecule has 1 aromatic heterocycles. The fourth-order valence-corrected chi connectivity index (χ4v) is 4.52. The molecule has 204 valence electrons. The number of halogens is 1. The van der Waals surface area contributed by atoms with Crippen molar-refractivity contribution in [2.45, 2.75) is 26.1 Å². The van der Waals surface area contributed by atoms with Gasteiger partial charge in [0.05, 0.1) is 23.7 Å². The SMILES string of the molecule is C[C@@H]1CN(C(=O)c2ccc(OCCO)cc2Cl)c2ccccc2CN1C(=O)NCC(=O)NCc1cccnc1. The number of carbonyl (C=O) groups is 3. The van der Waals surface area contributed by atoms with E-state index in [1.54, 1.807) is 40.4 Å². The van der Waals surface area contributed by atoms with Gasteiger partial charge in [-0.25, -0.2) is 4.79 Å². The summed E-state index contributed by atoms with van der Waals surface area (Å²) in [5.41, 5.74) is 2.60. The highest BCUT2D eigenvalue weighted by atomic mass is 35.5. The zero-order valence-electron chi connectivity index (χ0n) is 21.5. The van der Waals surface area contributed by atoms with Crippen molar-refractivity contribution in [2.24, 2.45) is 0 Å². The standard InChI is InChI=1S/C28H30ClN5O5/c1-19-17-34(27(37)23-9-8-22(13-24(23)29)39-12-11-35)25-7-3-2-6-21(25)18-33(19)28(38)32-16-26(36)31-15-20-5-4-10-30-14-20/h2-10,13-14,19,35H,11-12,15-18H2,1H3,(H,31,36)(H,32,38)/t19-/m1/s1. The van der Waals surface area contributed by atoms with Gasteiger partial charge >= 0.3 is 6.03 Å². The lowest BCUT2D eigenvalue weighted by Gasteiger charge is -2.29. The molecule has 0 saturated carbocycles. The highest BCUT2D eigenvalue weighted by Crippen LogP contribution is 2.31. The summed E-state index contributed by atoms with van der Waals surface area (Å²) in [5.74, 6) is -0.194. The van der Waals surface area contributed by atoms with Gasteiger partial charge < -0.3 is 30.3 Å². The number of hydrogen-bond acceptors (Lipinski definition) is 6. The fraction of sp³-hybridized carbons (Fsp3) is 0.286. The molecule has 10 nitrogen and oxygen atoms in total. The zero-order valence-corrected chi connectivity index (χ0v) is 22.2. The number of aliphatic hydroxyl groups is 1. The van der Waals surface area contributed by atoms with Crippen LogP contribution in [-0.4, -0.2) is 65.2 Å². The fourth-order valence-electron chi connectivity index (χ4n) is 4.26. The van der Waals surface area contributed by atoms with Crippen LogP contribution in [-0.2, 0) is 17.9 Å². The number of fused-ring (bicyclic) bond motifs is 1. The van der Waals surface area contributed by atoms with Crippen LogP contribution in [0.25, 0.3) is 0 Å². The second-order valence-corrected chi connectivity index (χ2v) is 9.44. The number of urea groups is 1. The Morgan fingerprint density at radius 2 is 1.95 bits per heavy atom. The summed E-state index contributed by atoms with van der Waals surface area (Å²) in [6.45, 7) is 2.42. The second kappa shape index (κ2) is 13.1. The Balaban J connectivity index is 1.45. The van der Waals surface area contributed by atoms with Crippen LogP contribution in [0.3, 0.4) is 0 Å². The Bertz CT molecular complexity index is 1320. The minimum Gasteiger partial charge on any atom is -0.491 e. The molecule has 0 radical (unpaired) electrons. The van der Waals surface area contributed by atoms with Gasteiger partial charge in [0.25, 0.3) is 5.91 Å². The summed E-state index contributed by atoms with van der Waals surface area (Å²) in [5, 5.41) is 14.6. The lowest BCUT2D eigenvalue weighted by molar-refractivity contribution is -0.120. The molecule has 2 heterocycles. The second-order valence-electron chi connectivity index (χ2n) is 9.03. The third-order valence-corrected chi connectivity index (χ3v) is 6.56. The van der Waals surface area contributed by atoms with Crippen LogP contribution in [0.4, 0.5) is 10.5 Å². The molecule has 0 aliphatic carbocycles. The maximum atomic E-state index is 13.7. The van der Waals surface area contributed by atoms with E-state index in [-0.39, 0.29) is 55.7 Å². The molecule has 4 rings (SSSR count). The Morgan fingerprint density at radius 1 is 1.13 bits per heavy atom. The van der Waals surface area contributed by atoms with Crippen LogP contribution < -0.4 is 20.3 Å². The summed E-state index contributed by atoms with van der Waals surface area (Å²) in [7, 11) is 0. The number of carbonyl (C=O) groups excluding carboxylic acids is 3. The number of aromatic nitrogens is 1. The Hall–Kier alpha value is -4.15. The largest absolute Gasteiger partial charge is 0.491 e. The lowest BCUT2D eigenvalue weighted by Crippen LogP contribution is -2.50. The monoisotopic (exact) mass is 551 g/mol. The van der Waals surface area contributed by atoms with E-state index in [9.17, 15) is 14.4 Å². The number of ether oxygens (including phenoxy) is 1. The summed E-state index contributed by atoms with van der Waals surface area (Å²) in [4.78, 5) is 46.4. The number of nitrogens with zero attached hydrogens (tertiary/aromatic N) is 3. The van der Waals surface area contributed by atoms with Gasteiger partial charge in [0.2, 0.25) is 5.91 Å². The van der Waals surface area contributed by atoms with Crippen LogP contribution in [0.15, 0.2) is 67.0 Å². The van der Waals surface area contributed by atoms with Gasteiger partial charge in [0, 0.05) is 43.8 Å². The van der Waals surface area contributed by atoms with E-state index in [1.165, 1.54) is 6.07 Å². The lowest BCUT2D eigenvalue weighted by atomic mass is 10.1. The molecule has 0 unspecified atom stereocenters. The van der Waals surface area contributed by atoms with Gasteiger partial charge in [0.15, 0.2) is 0 Å². The third kappa shape index (κ3) is 7.04. The van der Waals surface area contributed by atoms with Crippen LogP contribution in [0.2, 0.25) is 5.02 Å². The summed E-state index contributed by atoms with van der Waals surface area (Å²) in [6.07, 6.45) is 3.32. The molecule has 4 amide bonds. The third-order valence-electron chi connectivity index (χ3n) is 6.25. The highest BCUT2D eigenvalue weighted by Gasteiger charge is 2.32. The number of anilines is 1. The average Bonchev–Trinajstić information content (AvgIpc) is 3.10. The molecule has 2 aromatic carbocycles. The maximum Gasteiger partial charge on any atom is 0.318 e. The number of para-hydroxylation sites is 1. The van der Waals surface area contributed by atoms with E-state index in [4.69, 9.17) is 21.4 Å². The van der Waals surface area contributed by atoms with Gasteiger partial charge in [-0.1, -0.05) is 35.9 Å². The van der Waals surface area contributed by atoms with Crippen molar-refractivity contribution >= 4 is 35.1 Å². The quantitative estimate of drug-likeness (QED) is 0.395. The number of rotatable bonds is 8. The Kier molecular flexibility index (Phi) is 9.35. The van der Waals surface area contributed by atoms with Gasteiger partial charge in [-0.3, -0.25) is 14.6 Å². The summed E-state index contributed by atoms with van der Waals surface area (Å²) >= 11 is 6.44. The smallest absolute Gasteiger partial charge is 0.318 e. The molecule has 3 N–H and O–H groups in total. The first-order valence-electron chi connectivity index (χ1n) is 12.5. The molecule has 0 saturated heterocycles. The molecule has 11 heteroatoms. The van der Waals surface area contributed by atoms with E-state index in [0.717, 1.165) is 11.1 Å². The first kappa shape index (κ1) is 27.9. The zero-order chi connectivity index (χ0) is 27.8.